The molecule has 1 saturated heterocycles. The first-order valence-electron chi connectivity index (χ1n) is 6.67. The van der Waals surface area contributed by atoms with Crippen molar-refractivity contribution in [1.82, 2.24) is 0 Å². The fourth-order valence-electron chi connectivity index (χ4n) is 2.45. The van der Waals surface area contributed by atoms with Crippen LogP contribution in [0, 0.1) is 17.0 Å². The van der Waals surface area contributed by atoms with Crippen LogP contribution in [-0.4, -0.2) is 34.2 Å². The number of anilines is 1. The molecule has 1 aromatic rings. The third-order valence-corrected chi connectivity index (χ3v) is 4.13. The molecule has 1 aliphatic rings. The molecule has 21 heavy (non-hydrogen) atoms. The van der Waals surface area contributed by atoms with Gasteiger partial charge >= 0.3 is 5.97 Å². The smallest absolute Gasteiger partial charge is 0.336 e. The van der Waals surface area contributed by atoms with Crippen molar-refractivity contribution in [3.05, 3.63) is 33.4 Å². The van der Waals surface area contributed by atoms with Gasteiger partial charge in [0.15, 0.2) is 0 Å². The Hall–Kier alpha value is -2.15. The number of rotatable bonds is 4. The number of carboxylic acid groups (broad SMARTS) is 1. The summed E-state index contributed by atoms with van der Waals surface area (Å²) in [5.41, 5.74) is 0.194. The van der Waals surface area contributed by atoms with Gasteiger partial charge in [-0.3, -0.25) is 10.1 Å². The highest BCUT2D eigenvalue weighted by molar-refractivity contribution is 5.90. The second-order valence-electron chi connectivity index (χ2n) is 5.54. The molecule has 1 fully saturated rings. The summed E-state index contributed by atoms with van der Waals surface area (Å²) in [6.45, 7) is 6.09. The number of ether oxygens (including phenoxy) is 1. The number of nitro groups is 1. The minimum absolute atomic E-state index is 0.0653. The lowest BCUT2D eigenvalue weighted by atomic mass is 9.93. The fourth-order valence-corrected chi connectivity index (χ4v) is 2.45. The number of nitrogens with one attached hydrogen (secondary N) is 1. The Morgan fingerprint density at radius 3 is 2.71 bits per heavy atom. The van der Waals surface area contributed by atoms with Gasteiger partial charge in [0.2, 0.25) is 0 Å². The molecule has 7 nitrogen and oxygen atoms in total. The van der Waals surface area contributed by atoms with Gasteiger partial charge in [-0.1, -0.05) is 0 Å². The van der Waals surface area contributed by atoms with E-state index in [-0.39, 0.29) is 22.9 Å². The van der Waals surface area contributed by atoms with Gasteiger partial charge in [0.25, 0.3) is 5.69 Å². The maximum Gasteiger partial charge on any atom is 0.336 e. The molecular formula is C14H18N2O5. The molecule has 0 saturated carbocycles. The van der Waals surface area contributed by atoms with Crippen LogP contribution in [0.5, 0.6) is 0 Å². The van der Waals surface area contributed by atoms with Gasteiger partial charge in [-0.15, -0.1) is 0 Å². The Morgan fingerprint density at radius 1 is 1.57 bits per heavy atom. The molecular weight excluding hydrogens is 276 g/mol. The van der Waals surface area contributed by atoms with Crippen molar-refractivity contribution in [2.45, 2.75) is 38.8 Å². The summed E-state index contributed by atoms with van der Waals surface area (Å²) in [6, 6.07) is 2.51. The third kappa shape index (κ3) is 2.82. The molecule has 2 N–H and O–H groups in total. The highest BCUT2D eigenvalue weighted by atomic mass is 16.6. The van der Waals surface area contributed by atoms with E-state index >= 15 is 0 Å². The Bertz CT molecular complexity index is 601. The summed E-state index contributed by atoms with van der Waals surface area (Å²) < 4.78 is 5.52. The Kier molecular flexibility index (Phi) is 3.87. The van der Waals surface area contributed by atoms with Crippen molar-refractivity contribution in [2.75, 3.05) is 11.9 Å². The zero-order chi connectivity index (χ0) is 15.8. The minimum Gasteiger partial charge on any atom is -0.478 e. The van der Waals surface area contributed by atoms with Crippen LogP contribution in [-0.2, 0) is 4.74 Å². The van der Waals surface area contributed by atoms with Crippen LogP contribution >= 0.6 is 0 Å². The van der Waals surface area contributed by atoms with Crippen LogP contribution in [0.2, 0.25) is 0 Å². The molecule has 2 rings (SSSR count). The number of carbonyl (C=O) groups is 1. The normalized spacial score (nSPS) is 24.8. The van der Waals surface area contributed by atoms with Crippen molar-refractivity contribution < 1.29 is 19.6 Å². The van der Waals surface area contributed by atoms with Gasteiger partial charge in [-0.25, -0.2) is 4.79 Å². The lowest BCUT2D eigenvalue weighted by molar-refractivity contribution is -0.385. The number of benzene rings is 1. The number of hydrogen-bond donors (Lipinski definition) is 2. The quantitative estimate of drug-likeness (QED) is 0.653. The van der Waals surface area contributed by atoms with Crippen LogP contribution in [0.1, 0.15) is 36.2 Å². The molecule has 114 valence electrons. The summed E-state index contributed by atoms with van der Waals surface area (Å²) in [5.74, 6) is -1.19. The molecule has 0 aromatic heterocycles. The minimum atomic E-state index is -1.19. The number of carboxylic acids is 1. The van der Waals surface area contributed by atoms with Gasteiger partial charge < -0.3 is 15.2 Å². The maximum absolute atomic E-state index is 11.1. The molecule has 1 aromatic carbocycles. The standard InChI is InChI=1S/C14H18N2O5/c1-8-11(15-14(3)4-5-21-9(14)2)6-10(13(17)18)7-12(8)16(19)20/h6-7,9,15H,4-5H2,1-3H3,(H,17,18). The molecule has 2 unspecified atom stereocenters. The summed E-state index contributed by atoms with van der Waals surface area (Å²) in [6.07, 6.45) is 0.683. The summed E-state index contributed by atoms with van der Waals surface area (Å²) in [7, 11) is 0. The molecule has 0 spiro atoms. The zero-order valence-corrected chi connectivity index (χ0v) is 12.2. The van der Waals surface area contributed by atoms with E-state index in [1.54, 1.807) is 6.92 Å². The topological polar surface area (TPSA) is 102 Å². The van der Waals surface area contributed by atoms with E-state index in [4.69, 9.17) is 9.84 Å². The second-order valence-corrected chi connectivity index (χ2v) is 5.54. The molecule has 0 aliphatic carbocycles. The van der Waals surface area contributed by atoms with Gasteiger partial charge in [-0.05, 0) is 33.3 Å². The first kappa shape index (κ1) is 15.2. The van der Waals surface area contributed by atoms with Gasteiger partial charge in [0.05, 0.1) is 22.1 Å². The van der Waals surface area contributed by atoms with E-state index in [1.807, 2.05) is 13.8 Å². The second kappa shape index (κ2) is 5.33. The van der Waals surface area contributed by atoms with E-state index in [9.17, 15) is 14.9 Å². The van der Waals surface area contributed by atoms with Crippen LogP contribution in [0.4, 0.5) is 11.4 Å². The molecule has 2 atom stereocenters. The van der Waals surface area contributed by atoms with E-state index in [0.717, 1.165) is 12.5 Å². The van der Waals surface area contributed by atoms with Gasteiger partial charge in [0.1, 0.15) is 0 Å². The van der Waals surface area contributed by atoms with Crippen molar-refractivity contribution in [1.29, 1.82) is 0 Å². The molecule has 1 heterocycles. The number of aromatic carboxylic acids is 1. The van der Waals surface area contributed by atoms with Crippen LogP contribution in [0.25, 0.3) is 0 Å². The van der Waals surface area contributed by atoms with Crippen molar-refractivity contribution in [3.63, 3.8) is 0 Å². The van der Waals surface area contributed by atoms with E-state index in [0.29, 0.717) is 17.9 Å². The highest BCUT2D eigenvalue weighted by Gasteiger charge is 2.37. The number of nitrogens with zero attached hydrogens (tertiary/aromatic N) is 1. The average Bonchev–Trinajstić information content (AvgIpc) is 2.71. The Balaban J connectivity index is 2.47. The zero-order valence-electron chi connectivity index (χ0n) is 12.2. The number of nitro benzene ring substituents is 1. The molecule has 7 heteroatoms. The van der Waals surface area contributed by atoms with Gasteiger partial charge in [-0.2, -0.15) is 0 Å². The number of hydrogen-bond acceptors (Lipinski definition) is 5. The lowest BCUT2D eigenvalue weighted by Gasteiger charge is -2.31. The summed E-state index contributed by atoms with van der Waals surface area (Å²) in [5, 5.41) is 23.4. The molecule has 0 bridgehead atoms. The highest BCUT2D eigenvalue weighted by Crippen LogP contribution is 2.34. The van der Waals surface area contributed by atoms with Crippen molar-refractivity contribution >= 4 is 17.3 Å². The van der Waals surface area contributed by atoms with Crippen LogP contribution in [0.15, 0.2) is 12.1 Å². The fraction of sp³-hybridized carbons (Fsp3) is 0.500. The molecule has 0 radical (unpaired) electrons. The largest absolute Gasteiger partial charge is 0.478 e. The van der Waals surface area contributed by atoms with E-state index < -0.39 is 10.9 Å². The predicted molar refractivity (Wildman–Crippen MR) is 76.9 cm³/mol. The third-order valence-electron chi connectivity index (χ3n) is 4.13. The van der Waals surface area contributed by atoms with Crippen LogP contribution in [0.3, 0.4) is 0 Å². The molecule has 1 aliphatic heterocycles. The average molecular weight is 294 g/mol. The first-order valence-corrected chi connectivity index (χ1v) is 6.67. The van der Waals surface area contributed by atoms with E-state index in [1.165, 1.54) is 6.07 Å². The maximum atomic E-state index is 11.1. The van der Waals surface area contributed by atoms with Crippen molar-refractivity contribution in [3.8, 4) is 0 Å². The Morgan fingerprint density at radius 2 is 2.24 bits per heavy atom. The summed E-state index contributed by atoms with van der Waals surface area (Å²) in [4.78, 5) is 21.7. The summed E-state index contributed by atoms with van der Waals surface area (Å²) >= 11 is 0. The van der Waals surface area contributed by atoms with Crippen molar-refractivity contribution in [2.24, 2.45) is 0 Å². The monoisotopic (exact) mass is 294 g/mol. The van der Waals surface area contributed by atoms with Gasteiger partial charge in [0, 0.05) is 23.9 Å². The first-order chi connectivity index (χ1) is 9.74. The lowest BCUT2D eigenvalue weighted by Crippen LogP contribution is -2.41. The van der Waals surface area contributed by atoms with Crippen LogP contribution < -0.4 is 5.32 Å². The Labute approximate surface area is 122 Å². The predicted octanol–water partition coefficient (Wildman–Crippen LogP) is 2.58. The molecule has 0 amide bonds. The SMILES string of the molecule is Cc1c(NC2(C)CCOC2C)cc(C(=O)O)cc1[N+](=O)[O-]. The van der Waals surface area contributed by atoms with E-state index in [2.05, 4.69) is 5.32 Å².